The van der Waals surface area contributed by atoms with Gasteiger partial charge in [-0.1, -0.05) is 24.6 Å². The maximum Gasteiger partial charge on any atom is 0.303 e. The zero-order chi connectivity index (χ0) is 24.5. The van der Waals surface area contributed by atoms with E-state index in [9.17, 15) is 19.0 Å². The van der Waals surface area contributed by atoms with Crippen LogP contribution in [0.15, 0.2) is 24.3 Å². The molecule has 0 aliphatic heterocycles. The quantitative estimate of drug-likeness (QED) is 0.271. The Labute approximate surface area is 201 Å². The molecule has 0 spiro atoms. The third kappa shape index (κ3) is 9.25. The molecular weight excluding hydrogens is 461 g/mol. The number of aliphatic carboxylic acids is 1. The smallest absolute Gasteiger partial charge is 0.303 e. The molecule has 188 valence electrons. The van der Waals surface area contributed by atoms with Crippen LogP contribution in [-0.2, 0) is 31.7 Å². The molecule has 9 heteroatoms. The summed E-state index contributed by atoms with van der Waals surface area (Å²) in [5.74, 6) is -0.988. The molecule has 1 fully saturated rings. The average Bonchev–Trinajstić information content (AvgIpc) is 2.76. The highest BCUT2D eigenvalue weighted by Crippen LogP contribution is 2.53. The van der Waals surface area contributed by atoms with Crippen molar-refractivity contribution >= 4 is 24.7 Å². The highest BCUT2D eigenvalue weighted by atomic mass is 32.2. The third-order valence-corrected chi connectivity index (χ3v) is 10.4. The largest absolute Gasteiger partial charge is 0.598 e. The number of carboxylic acids is 1. The predicted octanol–water partition coefficient (Wildman–Crippen LogP) is 5.50. The van der Waals surface area contributed by atoms with Crippen LogP contribution in [0, 0.1) is 0 Å². The van der Waals surface area contributed by atoms with E-state index in [0.717, 1.165) is 24.2 Å². The number of hydrogen-bond acceptors (Lipinski definition) is 6. The number of ether oxygens (including phenoxy) is 1. The third-order valence-electron chi connectivity index (χ3n) is 5.76. The van der Waals surface area contributed by atoms with E-state index in [-0.39, 0.29) is 31.7 Å². The molecule has 3 atom stereocenters. The van der Waals surface area contributed by atoms with Crippen LogP contribution < -0.4 is 9.46 Å². The minimum Gasteiger partial charge on any atom is -0.598 e. The van der Waals surface area contributed by atoms with Gasteiger partial charge in [0.25, 0.3) is 0 Å². The van der Waals surface area contributed by atoms with E-state index in [0.29, 0.717) is 6.42 Å². The first-order valence-corrected chi connectivity index (χ1v) is 15.0. The molecule has 2 rings (SSSR count). The molecule has 2 N–H and O–H groups in total. The van der Waals surface area contributed by atoms with Gasteiger partial charge in [0.15, 0.2) is 0 Å². The number of nitrogens with one attached hydrogen (secondary N) is 1. The molecule has 33 heavy (non-hydrogen) atoms. The van der Waals surface area contributed by atoms with Gasteiger partial charge in [-0.2, -0.15) is 0 Å². The minimum atomic E-state index is -3.36. The van der Waals surface area contributed by atoms with Crippen LogP contribution in [0.2, 0.25) is 0 Å². The van der Waals surface area contributed by atoms with Gasteiger partial charge < -0.3 is 18.9 Å². The van der Waals surface area contributed by atoms with E-state index in [4.69, 9.17) is 9.26 Å². The first kappa shape index (κ1) is 28.2. The van der Waals surface area contributed by atoms with Crippen molar-refractivity contribution < 1.29 is 28.3 Å². The summed E-state index contributed by atoms with van der Waals surface area (Å²) in [6.45, 7) is 7.44. The van der Waals surface area contributed by atoms with E-state index in [1.165, 1.54) is 19.3 Å². The SMILES string of the molecule is CCO[P@@](=O)(CCc1ccccc1OC1CCCCC1)[C@H](CCC(=O)O)N[S+]([O-])C(C)(C)C. The van der Waals surface area contributed by atoms with Crippen LogP contribution in [-0.4, -0.2) is 45.0 Å². The molecule has 0 amide bonds. The van der Waals surface area contributed by atoms with Crippen molar-refractivity contribution in [3.63, 3.8) is 0 Å². The number of carboxylic acid groups (broad SMARTS) is 1. The standard InChI is InChI=1S/C24H40NO6PS/c1-5-30-32(28,22(15-16-23(26)27)25-33(29)24(2,3)4)18-17-19-11-9-10-14-21(19)31-20-12-7-6-8-13-20/h9-11,14,20,22,25H,5-8,12-13,15-18H2,1-4H3,(H,26,27)/t22-,32+,33?/m1/s1. The Hall–Kier alpha value is -1.05. The van der Waals surface area contributed by atoms with Crippen molar-refractivity contribution in [1.29, 1.82) is 0 Å². The van der Waals surface area contributed by atoms with Gasteiger partial charge in [-0.15, -0.1) is 4.72 Å². The number of aryl methyl sites for hydroxylation is 1. The van der Waals surface area contributed by atoms with Gasteiger partial charge >= 0.3 is 5.97 Å². The Morgan fingerprint density at radius 1 is 1.27 bits per heavy atom. The minimum absolute atomic E-state index is 0.0780. The molecule has 0 aromatic heterocycles. The Bertz CT molecular complexity index is 793. The molecule has 1 aliphatic rings. The Morgan fingerprint density at radius 3 is 2.55 bits per heavy atom. The molecule has 0 radical (unpaired) electrons. The predicted molar refractivity (Wildman–Crippen MR) is 133 cm³/mol. The van der Waals surface area contributed by atoms with E-state index in [1.807, 2.05) is 45.0 Å². The second-order valence-corrected chi connectivity index (χ2v) is 14.3. The maximum atomic E-state index is 14.0. The van der Waals surface area contributed by atoms with Crippen LogP contribution in [0.3, 0.4) is 0 Å². The highest BCUT2D eigenvalue weighted by Gasteiger charge is 2.40. The normalized spacial score (nSPS) is 18.9. The van der Waals surface area contributed by atoms with Gasteiger partial charge in [-0.05, 0) is 77.8 Å². The fraction of sp³-hybridized carbons (Fsp3) is 0.708. The monoisotopic (exact) mass is 501 g/mol. The molecule has 1 unspecified atom stereocenters. The van der Waals surface area contributed by atoms with Gasteiger partial charge in [-0.3, -0.25) is 9.36 Å². The molecule has 1 aromatic carbocycles. The number of para-hydroxylation sites is 1. The number of rotatable bonds is 13. The van der Waals surface area contributed by atoms with Crippen LogP contribution in [0.5, 0.6) is 5.75 Å². The lowest BCUT2D eigenvalue weighted by Gasteiger charge is -2.32. The van der Waals surface area contributed by atoms with Crippen LogP contribution in [0.25, 0.3) is 0 Å². The fourth-order valence-corrected chi connectivity index (χ4v) is 7.67. The molecule has 1 aliphatic carbocycles. The summed E-state index contributed by atoms with van der Waals surface area (Å²) in [6, 6.07) is 7.79. The zero-order valence-corrected chi connectivity index (χ0v) is 22.1. The second kappa shape index (κ2) is 13.1. The van der Waals surface area contributed by atoms with Crippen molar-refractivity contribution in [3.05, 3.63) is 29.8 Å². The van der Waals surface area contributed by atoms with Gasteiger partial charge in [0.2, 0.25) is 7.37 Å². The molecule has 1 saturated carbocycles. The van der Waals surface area contributed by atoms with Crippen molar-refractivity contribution in [2.24, 2.45) is 0 Å². The summed E-state index contributed by atoms with van der Waals surface area (Å²) in [6.07, 6.45) is 6.47. The molecule has 7 nitrogen and oxygen atoms in total. The van der Waals surface area contributed by atoms with E-state index in [2.05, 4.69) is 4.72 Å². The lowest BCUT2D eigenvalue weighted by atomic mass is 9.97. The summed E-state index contributed by atoms with van der Waals surface area (Å²) in [7, 11) is -3.36. The van der Waals surface area contributed by atoms with Crippen molar-refractivity contribution in [3.8, 4) is 5.75 Å². The number of hydrogen-bond donors (Lipinski definition) is 2. The number of carbonyl (C=O) groups is 1. The lowest BCUT2D eigenvalue weighted by molar-refractivity contribution is -0.137. The van der Waals surface area contributed by atoms with Gasteiger partial charge in [0.1, 0.15) is 16.3 Å². The highest BCUT2D eigenvalue weighted by molar-refractivity contribution is 7.91. The van der Waals surface area contributed by atoms with Gasteiger partial charge in [0, 0.05) is 23.9 Å². The number of benzene rings is 1. The summed E-state index contributed by atoms with van der Waals surface area (Å²) in [5.41, 5.74) is 0.955. The first-order chi connectivity index (χ1) is 15.5. The van der Waals surface area contributed by atoms with Crippen molar-refractivity contribution in [2.45, 2.75) is 95.7 Å². The molecular formula is C24H40NO6PS. The second-order valence-electron chi connectivity index (χ2n) is 9.55. The Balaban J connectivity index is 2.19. The summed E-state index contributed by atoms with van der Waals surface area (Å²) in [5, 5.41) is 9.20. The molecule has 1 aromatic rings. The summed E-state index contributed by atoms with van der Waals surface area (Å²) < 4.78 is 41.2. The fourth-order valence-electron chi connectivity index (χ4n) is 3.89. The van der Waals surface area contributed by atoms with E-state index in [1.54, 1.807) is 6.92 Å². The van der Waals surface area contributed by atoms with E-state index < -0.39 is 35.2 Å². The van der Waals surface area contributed by atoms with Crippen LogP contribution in [0.1, 0.15) is 78.2 Å². The maximum absolute atomic E-state index is 14.0. The Morgan fingerprint density at radius 2 is 1.94 bits per heavy atom. The topological polar surface area (TPSA) is 108 Å². The lowest BCUT2D eigenvalue weighted by Crippen LogP contribution is -2.45. The van der Waals surface area contributed by atoms with Crippen molar-refractivity contribution in [2.75, 3.05) is 12.8 Å². The van der Waals surface area contributed by atoms with Crippen LogP contribution in [0.4, 0.5) is 0 Å². The van der Waals surface area contributed by atoms with Crippen molar-refractivity contribution in [1.82, 2.24) is 4.72 Å². The van der Waals surface area contributed by atoms with Gasteiger partial charge in [0.05, 0.1) is 12.7 Å². The molecule has 0 heterocycles. The van der Waals surface area contributed by atoms with Gasteiger partial charge in [-0.25, -0.2) is 0 Å². The van der Waals surface area contributed by atoms with E-state index >= 15 is 0 Å². The molecule has 0 saturated heterocycles. The summed E-state index contributed by atoms with van der Waals surface area (Å²) >= 11 is -1.51. The first-order valence-electron chi connectivity index (χ1n) is 11.9. The average molecular weight is 502 g/mol. The van der Waals surface area contributed by atoms with Crippen LogP contribution >= 0.6 is 7.37 Å². The Kier molecular flexibility index (Phi) is 11.2. The summed E-state index contributed by atoms with van der Waals surface area (Å²) in [4.78, 5) is 11.2. The zero-order valence-electron chi connectivity index (χ0n) is 20.4. The molecule has 0 bridgehead atoms.